The van der Waals surface area contributed by atoms with E-state index in [2.05, 4.69) is 0 Å². The molecule has 0 bridgehead atoms. The van der Waals surface area contributed by atoms with Gasteiger partial charge >= 0.3 is 6.18 Å². The van der Waals surface area contributed by atoms with Gasteiger partial charge in [-0.1, -0.05) is 53.5 Å². The quantitative estimate of drug-likeness (QED) is 0.815. The van der Waals surface area contributed by atoms with E-state index in [-0.39, 0.29) is 12.0 Å². The third kappa shape index (κ3) is 3.70. The Morgan fingerprint density at radius 3 is 2.33 bits per heavy atom. The van der Waals surface area contributed by atoms with Crippen molar-refractivity contribution in [1.29, 1.82) is 0 Å². The standard InChI is InChI=1S/C15H12Cl2F3N/c16-12-7-3-4-9(14(12)17)8-13(21)10-5-1-2-6-11(10)15(18,19)20/h1-7,13H,8,21H2. The van der Waals surface area contributed by atoms with Gasteiger partial charge in [0.25, 0.3) is 0 Å². The van der Waals surface area contributed by atoms with E-state index in [1.165, 1.54) is 18.2 Å². The van der Waals surface area contributed by atoms with Gasteiger partial charge in [-0.3, -0.25) is 0 Å². The Morgan fingerprint density at radius 1 is 1.00 bits per heavy atom. The first kappa shape index (κ1) is 16.1. The van der Waals surface area contributed by atoms with E-state index in [4.69, 9.17) is 28.9 Å². The second-order valence-corrected chi connectivity index (χ2v) is 5.39. The van der Waals surface area contributed by atoms with Crippen molar-refractivity contribution < 1.29 is 13.2 Å². The first-order valence-corrected chi connectivity index (χ1v) is 6.91. The van der Waals surface area contributed by atoms with E-state index in [9.17, 15) is 13.2 Å². The topological polar surface area (TPSA) is 26.0 Å². The number of halogens is 5. The van der Waals surface area contributed by atoms with Gasteiger partial charge in [0.15, 0.2) is 0 Å². The summed E-state index contributed by atoms with van der Waals surface area (Å²) in [5.74, 6) is 0. The normalized spacial score (nSPS) is 13.2. The maximum absolute atomic E-state index is 13.0. The SMILES string of the molecule is NC(Cc1cccc(Cl)c1Cl)c1ccccc1C(F)(F)F. The van der Waals surface area contributed by atoms with E-state index >= 15 is 0 Å². The van der Waals surface area contributed by atoms with Gasteiger partial charge in [0.1, 0.15) is 0 Å². The molecule has 2 rings (SSSR count). The number of alkyl halides is 3. The maximum atomic E-state index is 13.0. The number of hydrogen-bond donors (Lipinski definition) is 1. The van der Waals surface area contributed by atoms with Gasteiger partial charge in [-0.25, -0.2) is 0 Å². The fraction of sp³-hybridized carbons (Fsp3) is 0.200. The van der Waals surface area contributed by atoms with Gasteiger partial charge in [-0.15, -0.1) is 0 Å². The average molecular weight is 334 g/mol. The van der Waals surface area contributed by atoms with Gasteiger partial charge in [-0.05, 0) is 29.7 Å². The van der Waals surface area contributed by atoms with Gasteiger partial charge in [-0.2, -0.15) is 13.2 Å². The Kier molecular flexibility index (Phi) is 4.81. The highest BCUT2D eigenvalue weighted by Gasteiger charge is 2.34. The second-order valence-electron chi connectivity index (χ2n) is 4.61. The van der Waals surface area contributed by atoms with E-state index in [1.807, 2.05) is 0 Å². The lowest BCUT2D eigenvalue weighted by atomic mass is 9.95. The van der Waals surface area contributed by atoms with Crippen LogP contribution in [0, 0.1) is 0 Å². The predicted octanol–water partition coefficient (Wildman–Crippen LogP) is 5.25. The molecule has 0 aliphatic carbocycles. The predicted molar refractivity (Wildman–Crippen MR) is 78.5 cm³/mol. The van der Waals surface area contributed by atoms with Crippen LogP contribution >= 0.6 is 23.2 Å². The van der Waals surface area contributed by atoms with Crippen LogP contribution in [-0.2, 0) is 12.6 Å². The Hall–Kier alpha value is -1.23. The Balaban J connectivity index is 2.33. The third-order valence-corrected chi connectivity index (χ3v) is 4.00. The minimum atomic E-state index is -4.44. The Bertz CT molecular complexity index is 641. The highest BCUT2D eigenvalue weighted by molar-refractivity contribution is 6.42. The van der Waals surface area contributed by atoms with Crippen LogP contribution in [0.25, 0.3) is 0 Å². The lowest BCUT2D eigenvalue weighted by Gasteiger charge is -2.19. The van der Waals surface area contributed by atoms with Gasteiger partial charge in [0.2, 0.25) is 0 Å². The van der Waals surface area contributed by atoms with Crippen molar-refractivity contribution in [3.63, 3.8) is 0 Å². The lowest BCUT2D eigenvalue weighted by molar-refractivity contribution is -0.138. The molecule has 0 saturated heterocycles. The summed E-state index contributed by atoms with van der Waals surface area (Å²) in [7, 11) is 0. The molecule has 1 nitrogen and oxygen atoms in total. The van der Waals surface area contributed by atoms with Crippen molar-refractivity contribution in [1.82, 2.24) is 0 Å². The molecular formula is C15H12Cl2F3N. The van der Waals surface area contributed by atoms with Crippen LogP contribution < -0.4 is 5.73 Å². The smallest absolute Gasteiger partial charge is 0.324 e. The number of hydrogen-bond acceptors (Lipinski definition) is 1. The zero-order valence-corrected chi connectivity index (χ0v) is 12.3. The van der Waals surface area contributed by atoms with Gasteiger partial charge in [0, 0.05) is 6.04 Å². The largest absolute Gasteiger partial charge is 0.416 e. The molecule has 0 aliphatic rings. The molecule has 2 aromatic rings. The van der Waals surface area contributed by atoms with Gasteiger partial charge < -0.3 is 5.73 Å². The monoisotopic (exact) mass is 333 g/mol. The summed E-state index contributed by atoms with van der Waals surface area (Å²) in [5, 5.41) is 0.671. The zero-order valence-electron chi connectivity index (χ0n) is 10.8. The first-order valence-electron chi connectivity index (χ1n) is 6.15. The van der Waals surface area contributed by atoms with Crippen LogP contribution in [0.2, 0.25) is 10.0 Å². The minimum absolute atomic E-state index is 0.0426. The minimum Gasteiger partial charge on any atom is -0.324 e. The van der Waals surface area contributed by atoms with Crippen LogP contribution in [0.15, 0.2) is 42.5 Å². The molecule has 0 fully saturated rings. The van der Waals surface area contributed by atoms with Crippen molar-refractivity contribution in [3.8, 4) is 0 Å². The molecule has 21 heavy (non-hydrogen) atoms. The van der Waals surface area contributed by atoms with E-state index < -0.39 is 17.8 Å². The number of nitrogens with two attached hydrogens (primary N) is 1. The summed E-state index contributed by atoms with van der Waals surface area (Å²) in [4.78, 5) is 0. The summed E-state index contributed by atoms with van der Waals surface area (Å²) in [6, 6.07) is 9.45. The average Bonchev–Trinajstić information content (AvgIpc) is 2.43. The van der Waals surface area contributed by atoms with E-state index in [1.54, 1.807) is 18.2 Å². The maximum Gasteiger partial charge on any atom is 0.416 e. The summed E-state index contributed by atoms with van der Waals surface area (Å²) < 4.78 is 39.0. The summed E-state index contributed by atoms with van der Waals surface area (Å²) in [5.41, 5.74) is 5.88. The molecule has 0 amide bonds. The molecule has 2 aromatic carbocycles. The molecule has 0 spiro atoms. The molecule has 112 valence electrons. The molecule has 1 atom stereocenters. The summed E-state index contributed by atoms with van der Waals surface area (Å²) in [6.07, 6.45) is -4.27. The first-order chi connectivity index (χ1) is 9.80. The molecule has 0 heterocycles. The fourth-order valence-corrected chi connectivity index (χ4v) is 2.53. The lowest BCUT2D eigenvalue weighted by Crippen LogP contribution is -2.19. The van der Waals surface area contributed by atoms with Crippen LogP contribution in [-0.4, -0.2) is 0 Å². The zero-order chi connectivity index (χ0) is 15.6. The van der Waals surface area contributed by atoms with Crippen LogP contribution in [0.5, 0.6) is 0 Å². The third-order valence-electron chi connectivity index (χ3n) is 3.14. The summed E-state index contributed by atoms with van der Waals surface area (Å²) >= 11 is 11.9. The van der Waals surface area contributed by atoms with Crippen molar-refractivity contribution >= 4 is 23.2 Å². The Labute approximate surface area is 130 Å². The number of rotatable bonds is 3. The van der Waals surface area contributed by atoms with E-state index in [0.29, 0.717) is 15.6 Å². The Morgan fingerprint density at radius 2 is 1.67 bits per heavy atom. The number of benzene rings is 2. The van der Waals surface area contributed by atoms with Crippen molar-refractivity contribution in [2.75, 3.05) is 0 Å². The van der Waals surface area contributed by atoms with Crippen molar-refractivity contribution in [2.24, 2.45) is 5.73 Å². The van der Waals surface area contributed by atoms with Crippen molar-refractivity contribution in [2.45, 2.75) is 18.6 Å². The van der Waals surface area contributed by atoms with E-state index in [0.717, 1.165) is 6.07 Å². The molecule has 6 heteroatoms. The van der Waals surface area contributed by atoms with Crippen molar-refractivity contribution in [3.05, 3.63) is 69.2 Å². The van der Waals surface area contributed by atoms with Crippen LogP contribution in [0.3, 0.4) is 0 Å². The highest BCUT2D eigenvalue weighted by atomic mass is 35.5. The van der Waals surface area contributed by atoms with Crippen LogP contribution in [0.4, 0.5) is 13.2 Å². The molecule has 0 radical (unpaired) electrons. The fourth-order valence-electron chi connectivity index (χ4n) is 2.13. The molecule has 0 saturated carbocycles. The molecule has 0 aromatic heterocycles. The highest BCUT2D eigenvalue weighted by Crippen LogP contribution is 2.35. The summed E-state index contributed by atoms with van der Waals surface area (Å²) in [6.45, 7) is 0. The second kappa shape index (κ2) is 6.26. The molecule has 0 aliphatic heterocycles. The van der Waals surface area contributed by atoms with Crippen LogP contribution in [0.1, 0.15) is 22.7 Å². The molecule has 2 N–H and O–H groups in total. The molecule has 1 unspecified atom stereocenters. The molecular weight excluding hydrogens is 322 g/mol. The van der Waals surface area contributed by atoms with Gasteiger partial charge in [0.05, 0.1) is 15.6 Å².